The van der Waals surface area contributed by atoms with E-state index in [0.29, 0.717) is 6.54 Å². The van der Waals surface area contributed by atoms with Crippen LogP contribution < -0.4 is 10.6 Å². The van der Waals surface area contributed by atoms with Crippen molar-refractivity contribution in [3.05, 3.63) is 34.4 Å². The van der Waals surface area contributed by atoms with Crippen molar-refractivity contribution in [3.8, 4) is 0 Å². The van der Waals surface area contributed by atoms with Crippen LogP contribution in [-0.2, 0) is 9.59 Å². The molecule has 0 spiro atoms. The highest BCUT2D eigenvalue weighted by Crippen LogP contribution is 2.16. The molecule has 1 aromatic rings. The van der Waals surface area contributed by atoms with Gasteiger partial charge in [0.2, 0.25) is 0 Å². The topological polar surface area (TPSA) is 101 Å². The van der Waals surface area contributed by atoms with Gasteiger partial charge in [0.05, 0.1) is 4.92 Å². The fraction of sp³-hybridized carbons (Fsp3) is 0.385. The fourth-order valence-corrected chi connectivity index (χ4v) is 1.54. The van der Waals surface area contributed by atoms with Crippen LogP contribution in [0.5, 0.6) is 0 Å². The first kappa shape index (κ1) is 15.6. The summed E-state index contributed by atoms with van der Waals surface area (Å²) in [6.07, 6.45) is 2.81. The first-order chi connectivity index (χ1) is 9.54. The van der Waals surface area contributed by atoms with Gasteiger partial charge in [-0.1, -0.05) is 25.8 Å². The Bertz CT molecular complexity index is 502. The molecule has 0 aliphatic heterocycles. The molecule has 0 fully saturated rings. The number of rotatable bonds is 6. The number of amides is 2. The van der Waals surface area contributed by atoms with Gasteiger partial charge < -0.3 is 10.6 Å². The SMILES string of the molecule is CCCCCNC(=O)C(=O)Nc1cccc([N+](=O)[O-])c1. The van der Waals surface area contributed by atoms with Crippen molar-refractivity contribution < 1.29 is 14.5 Å². The molecule has 0 aliphatic rings. The number of hydrogen-bond donors (Lipinski definition) is 2. The zero-order valence-electron chi connectivity index (χ0n) is 11.2. The minimum absolute atomic E-state index is 0.147. The first-order valence-electron chi connectivity index (χ1n) is 6.38. The molecule has 1 aromatic carbocycles. The van der Waals surface area contributed by atoms with Crippen LogP contribution in [0.2, 0.25) is 0 Å². The molecular formula is C13H17N3O4. The van der Waals surface area contributed by atoms with Crippen molar-refractivity contribution in [2.45, 2.75) is 26.2 Å². The average molecular weight is 279 g/mol. The van der Waals surface area contributed by atoms with Crippen LogP contribution >= 0.6 is 0 Å². The molecule has 0 saturated heterocycles. The van der Waals surface area contributed by atoms with Crippen molar-refractivity contribution in [3.63, 3.8) is 0 Å². The lowest BCUT2D eigenvalue weighted by atomic mass is 10.2. The zero-order valence-corrected chi connectivity index (χ0v) is 11.2. The van der Waals surface area contributed by atoms with Crippen LogP contribution in [0.15, 0.2) is 24.3 Å². The molecule has 7 heteroatoms. The van der Waals surface area contributed by atoms with Gasteiger partial charge in [-0.3, -0.25) is 19.7 Å². The van der Waals surface area contributed by atoms with Gasteiger partial charge in [0.25, 0.3) is 5.69 Å². The summed E-state index contributed by atoms with van der Waals surface area (Å²) >= 11 is 0. The summed E-state index contributed by atoms with van der Waals surface area (Å²) in [6.45, 7) is 2.48. The number of nitrogens with one attached hydrogen (secondary N) is 2. The van der Waals surface area contributed by atoms with Gasteiger partial charge >= 0.3 is 11.8 Å². The quantitative estimate of drug-likeness (QED) is 0.359. The Morgan fingerprint density at radius 3 is 2.65 bits per heavy atom. The van der Waals surface area contributed by atoms with Gasteiger partial charge in [-0.05, 0) is 12.5 Å². The van der Waals surface area contributed by atoms with Crippen molar-refractivity contribution in [2.24, 2.45) is 0 Å². The summed E-state index contributed by atoms with van der Waals surface area (Å²) < 4.78 is 0. The number of unbranched alkanes of at least 4 members (excludes halogenated alkanes) is 2. The number of nitro benzene ring substituents is 1. The van der Waals surface area contributed by atoms with Crippen LogP contribution in [0.1, 0.15) is 26.2 Å². The van der Waals surface area contributed by atoms with E-state index in [1.165, 1.54) is 24.3 Å². The van der Waals surface area contributed by atoms with Crippen molar-refractivity contribution in [1.82, 2.24) is 5.32 Å². The van der Waals surface area contributed by atoms with Gasteiger partial charge in [0.1, 0.15) is 0 Å². The molecule has 0 aliphatic carbocycles. The molecule has 0 saturated carbocycles. The second-order valence-electron chi connectivity index (χ2n) is 4.22. The van der Waals surface area contributed by atoms with E-state index in [-0.39, 0.29) is 11.4 Å². The second kappa shape index (κ2) is 7.88. The summed E-state index contributed by atoms with van der Waals surface area (Å²) in [7, 11) is 0. The number of benzene rings is 1. The molecule has 2 amide bonds. The Kier molecular flexibility index (Phi) is 6.15. The van der Waals surface area contributed by atoms with Crippen molar-refractivity contribution >= 4 is 23.2 Å². The van der Waals surface area contributed by atoms with Crippen LogP contribution in [0.3, 0.4) is 0 Å². The van der Waals surface area contributed by atoms with Crippen LogP contribution in [0.25, 0.3) is 0 Å². The first-order valence-corrected chi connectivity index (χ1v) is 6.38. The van der Waals surface area contributed by atoms with Crippen LogP contribution in [-0.4, -0.2) is 23.3 Å². The number of anilines is 1. The maximum absolute atomic E-state index is 11.6. The number of nitro groups is 1. The predicted molar refractivity (Wildman–Crippen MR) is 74.3 cm³/mol. The number of carbonyl (C=O) groups is 2. The fourth-order valence-electron chi connectivity index (χ4n) is 1.54. The molecule has 0 bridgehead atoms. The summed E-state index contributed by atoms with van der Waals surface area (Å²) in [5.41, 5.74) is 0.0686. The molecule has 0 aromatic heterocycles. The van der Waals surface area contributed by atoms with Gasteiger partial charge in [-0.15, -0.1) is 0 Å². The summed E-state index contributed by atoms with van der Waals surface area (Å²) in [5.74, 6) is -1.57. The van der Waals surface area contributed by atoms with Gasteiger partial charge in [0.15, 0.2) is 0 Å². The summed E-state index contributed by atoms with van der Waals surface area (Å²) in [4.78, 5) is 33.1. The van der Waals surface area contributed by atoms with E-state index in [2.05, 4.69) is 10.6 Å². The monoisotopic (exact) mass is 279 g/mol. The maximum Gasteiger partial charge on any atom is 0.313 e. The summed E-state index contributed by atoms with van der Waals surface area (Å²) in [5, 5.41) is 15.4. The molecule has 1 rings (SSSR count). The Labute approximate surface area is 116 Å². The van der Waals surface area contributed by atoms with E-state index < -0.39 is 16.7 Å². The van der Waals surface area contributed by atoms with Crippen molar-refractivity contribution in [2.75, 3.05) is 11.9 Å². The average Bonchev–Trinajstić information content (AvgIpc) is 2.43. The summed E-state index contributed by atoms with van der Waals surface area (Å²) in [6, 6.07) is 5.42. The predicted octanol–water partition coefficient (Wildman–Crippen LogP) is 1.84. The van der Waals surface area contributed by atoms with E-state index >= 15 is 0 Å². The smallest absolute Gasteiger partial charge is 0.313 e. The number of non-ortho nitro benzene ring substituents is 1. The molecule has 20 heavy (non-hydrogen) atoms. The van der Waals surface area contributed by atoms with E-state index in [1.54, 1.807) is 0 Å². The molecule has 0 heterocycles. The third-order valence-electron chi connectivity index (χ3n) is 2.59. The molecular weight excluding hydrogens is 262 g/mol. The van der Waals surface area contributed by atoms with Crippen LogP contribution in [0.4, 0.5) is 11.4 Å². The highest BCUT2D eigenvalue weighted by molar-refractivity contribution is 6.39. The lowest BCUT2D eigenvalue weighted by molar-refractivity contribution is -0.384. The Hall–Kier alpha value is -2.44. The molecule has 0 atom stereocenters. The second-order valence-corrected chi connectivity index (χ2v) is 4.22. The highest BCUT2D eigenvalue weighted by atomic mass is 16.6. The number of carbonyl (C=O) groups excluding carboxylic acids is 2. The van der Waals surface area contributed by atoms with Gasteiger partial charge in [0, 0.05) is 24.4 Å². The zero-order chi connectivity index (χ0) is 15.0. The normalized spacial score (nSPS) is 9.85. The van der Waals surface area contributed by atoms with E-state index in [4.69, 9.17) is 0 Å². The minimum Gasteiger partial charge on any atom is -0.348 e. The third-order valence-corrected chi connectivity index (χ3v) is 2.59. The molecule has 0 unspecified atom stereocenters. The molecule has 108 valence electrons. The molecule has 0 radical (unpaired) electrons. The lowest BCUT2D eigenvalue weighted by Crippen LogP contribution is -2.35. The van der Waals surface area contributed by atoms with Gasteiger partial charge in [-0.2, -0.15) is 0 Å². The standard InChI is InChI=1S/C13H17N3O4/c1-2-3-4-8-14-12(17)13(18)15-10-6-5-7-11(9-10)16(19)20/h5-7,9H,2-4,8H2,1H3,(H,14,17)(H,15,18). The minimum atomic E-state index is -0.831. The van der Waals surface area contributed by atoms with E-state index in [9.17, 15) is 19.7 Å². The largest absolute Gasteiger partial charge is 0.348 e. The van der Waals surface area contributed by atoms with E-state index in [0.717, 1.165) is 19.3 Å². The Morgan fingerprint density at radius 2 is 2.00 bits per heavy atom. The lowest BCUT2D eigenvalue weighted by Gasteiger charge is -2.06. The maximum atomic E-state index is 11.6. The van der Waals surface area contributed by atoms with Gasteiger partial charge in [-0.25, -0.2) is 0 Å². The van der Waals surface area contributed by atoms with Crippen LogP contribution in [0, 0.1) is 10.1 Å². The number of nitrogens with zero attached hydrogens (tertiary/aromatic N) is 1. The van der Waals surface area contributed by atoms with Crippen molar-refractivity contribution in [1.29, 1.82) is 0 Å². The molecule has 7 nitrogen and oxygen atoms in total. The number of hydrogen-bond acceptors (Lipinski definition) is 4. The third kappa shape index (κ3) is 5.05. The highest BCUT2D eigenvalue weighted by Gasteiger charge is 2.14. The Balaban J connectivity index is 2.51. The Morgan fingerprint density at radius 1 is 1.25 bits per heavy atom. The molecule has 2 N–H and O–H groups in total. The van der Waals surface area contributed by atoms with E-state index in [1.807, 2.05) is 6.92 Å².